The van der Waals surface area contributed by atoms with Gasteiger partial charge in [0.15, 0.2) is 0 Å². The van der Waals surface area contributed by atoms with Gasteiger partial charge in [0.1, 0.15) is 0 Å². The quantitative estimate of drug-likeness (QED) is 0.168. The van der Waals surface area contributed by atoms with Crippen LogP contribution >= 0.6 is 0 Å². The van der Waals surface area contributed by atoms with E-state index in [4.69, 9.17) is 22.6 Å². The summed E-state index contributed by atoms with van der Waals surface area (Å²) in [5, 5.41) is 8.52. The van der Waals surface area contributed by atoms with Gasteiger partial charge in [-0.15, -0.1) is 0 Å². The predicted molar refractivity (Wildman–Crippen MR) is 103 cm³/mol. The second-order valence-electron chi connectivity index (χ2n) is 6.50. The van der Waals surface area contributed by atoms with Gasteiger partial charge in [-0.1, -0.05) is 96.8 Å². The third kappa shape index (κ3) is 44.2. The van der Waals surface area contributed by atoms with E-state index in [0.717, 1.165) is 12.8 Å². The molecule has 0 aromatic carbocycles. The van der Waals surface area contributed by atoms with Gasteiger partial charge in [0.2, 0.25) is 0 Å². The summed E-state index contributed by atoms with van der Waals surface area (Å²) < 4.78 is 34.1. The second kappa shape index (κ2) is 23.6. The Balaban J connectivity index is -0.000000772. The molecule has 152 valence electrons. The zero-order valence-corrected chi connectivity index (χ0v) is 19.4. The van der Waals surface area contributed by atoms with E-state index in [1.165, 1.54) is 83.5 Å². The molecule has 0 saturated carbocycles. The Morgan fingerprint density at radius 3 is 1.15 bits per heavy atom. The second-order valence-corrected chi connectivity index (χ2v) is 7.32. The first kappa shape index (κ1) is 31.3. The third-order valence-corrected chi connectivity index (χ3v) is 3.99. The van der Waals surface area contributed by atoms with Crippen molar-refractivity contribution in [1.29, 1.82) is 0 Å². The van der Waals surface area contributed by atoms with Crippen LogP contribution in [0.4, 0.5) is 0 Å². The molecule has 0 rings (SSSR count). The van der Waals surface area contributed by atoms with Gasteiger partial charge in [0, 0.05) is 16.8 Å². The van der Waals surface area contributed by atoms with E-state index in [1.54, 1.807) is 0 Å². The maximum absolute atomic E-state index is 10.3. The predicted octanol–water partition coefficient (Wildman–Crippen LogP) is 4.61. The third-order valence-electron chi connectivity index (χ3n) is 3.99. The molecule has 0 aromatic heterocycles. The van der Waals surface area contributed by atoms with Crippen LogP contribution in [0.2, 0.25) is 0 Å². The van der Waals surface area contributed by atoms with E-state index < -0.39 is 16.4 Å². The zero-order valence-electron chi connectivity index (χ0n) is 16.4. The van der Waals surface area contributed by atoms with Crippen LogP contribution in [0, 0.1) is 0 Å². The minimum atomic E-state index is -5.17. The van der Waals surface area contributed by atoms with Crippen LogP contribution in [0.25, 0.3) is 0 Å². The van der Waals surface area contributed by atoms with Crippen LogP contribution in [0.3, 0.4) is 0 Å². The molecule has 0 bridgehead atoms. The van der Waals surface area contributed by atoms with Crippen molar-refractivity contribution in [3.63, 3.8) is 0 Å². The van der Waals surface area contributed by atoms with Crippen molar-refractivity contribution in [2.45, 2.75) is 110 Å². The van der Waals surface area contributed by atoms with Gasteiger partial charge >= 0.3 is 43.7 Å². The first-order valence-corrected chi connectivity index (χ1v) is 11.0. The molecule has 26 heavy (non-hydrogen) atoms. The van der Waals surface area contributed by atoms with Crippen LogP contribution < -0.4 is 0 Å². The number of rotatable bonds is 16. The summed E-state index contributed by atoms with van der Waals surface area (Å²) in [7, 11) is -5.17. The van der Waals surface area contributed by atoms with Crippen LogP contribution in [0.5, 0.6) is 0 Å². The van der Waals surface area contributed by atoms with Gasteiger partial charge in [-0.05, 0) is 6.42 Å². The molecule has 0 atom stereocenters. The van der Waals surface area contributed by atoms with E-state index in [2.05, 4.69) is 6.92 Å². The van der Waals surface area contributed by atoms with Crippen molar-refractivity contribution in [3.05, 3.63) is 0 Å². The minimum Gasteiger partial charge on any atom is -0.759 e. The summed E-state index contributed by atoms with van der Waals surface area (Å²) in [6.45, 7) is 2.27. The Bertz CT molecular complexity index is 379. The average Bonchev–Trinajstić information content (AvgIpc) is 2.49. The summed E-state index contributed by atoms with van der Waals surface area (Å²) >= 11 is 0. The zero-order chi connectivity index (χ0) is 19.4. The molecular weight excluding hydrogens is 384 g/mol. The van der Waals surface area contributed by atoms with Gasteiger partial charge in [0.05, 0.1) is 0 Å². The maximum atomic E-state index is 10.3. The number of carbonyl (C=O) groups is 1. The van der Waals surface area contributed by atoms with Gasteiger partial charge in [-0.25, -0.2) is 0 Å². The molecule has 0 aliphatic heterocycles. The fourth-order valence-corrected chi connectivity index (χ4v) is 2.65. The standard InChI is InChI=1S/C18H36O2.Ca.H2O4S/c1-2-3-4-5-6-7-8-9-10-11-12-13-14-15-16-17-18(19)20;;1-5(2,3)4/h2-17H2,1H3,(H,19,20);;(H2,1,2,3,4)/q;+2;/p-2. The fraction of sp³-hybridized carbons (Fsp3) is 0.944. The van der Waals surface area contributed by atoms with Gasteiger partial charge in [-0.2, -0.15) is 0 Å². The molecule has 0 unspecified atom stereocenters. The van der Waals surface area contributed by atoms with Gasteiger partial charge < -0.3 is 14.2 Å². The largest absolute Gasteiger partial charge is 2.00 e. The number of carboxylic acids is 1. The van der Waals surface area contributed by atoms with Gasteiger partial charge in [0.25, 0.3) is 0 Å². The van der Waals surface area contributed by atoms with Crippen molar-refractivity contribution in [1.82, 2.24) is 0 Å². The Hall–Kier alpha value is 0.600. The van der Waals surface area contributed by atoms with Crippen LogP contribution in [0.1, 0.15) is 110 Å². The topological polar surface area (TPSA) is 118 Å². The van der Waals surface area contributed by atoms with E-state index in [0.29, 0.717) is 6.42 Å². The molecule has 0 aromatic rings. The fourth-order valence-electron chi connectivity index (χ4n) is 2.65. The summed E-state index contributed by atoms with van der Waals surface area (Å²) in [4.78, 5) is 10.3. The average molecular weight is 421 g/mol. The number of hydrogen-bond donors (Lipinski definition) is 1. The minimum absolute atomic E-state index is 0. The normalized spacial score (nSPS) is 10.6. The molecule has 0 radical (unpaired) electrons. The number of hydrogen-bond acceptors (Lipinski definition) is 5. The van der Waals surface area contributed by atoms with Crippen LogP contribution in [-0.4, -0.2) is 66.3 Å². The van der Waals surface area contributed by atoms with Gasteiger partial charge in [-0.3, -0.25) is 13.2 Å². The molecule has 0 spiro atoms. The molecule has 0 amide bonds. The number of unbranched alkanes of at least 4 members (excludes halogenated alkanes) is 14. The Kier molecular flexibility index (Phi) is 28.5. The molecule has 1 N–H and O–H groups in total. The Morgan fingerprint density at radius 2 is 0.923 bits per heavy atom. The van der Waals surface area contributed by atoms with E-state index in [1.807, 2.05) is 0 Å². The first-order valence-electron chi connectivity index (χ1n) is 9.66. The summed E-state index contributed by atoms with van der Waals surface area (Å²) in [6, 6.07) is 0. The van der Waals surface area contributed by atoms with Crippen LogP contribution in [0.15, 0.2) is 0 Å². The first-order chi connectivity index (χ1) is 11.8. The number of aliphatic carboxylic acids is 1. The monoisotopic (exact) mass is 420 g/mol. The Morgan fingerprint density at radius 1 is 0.692 bits per heavy atom. The van der Waals surface area contributed by atoms with Crippen molar-refractivity contribution < 1.29 is 27.4 Å². The smallest absolute Gasteiger partial charge is 0.759 e. The molecule has 6 nitrogen and oxygen atoms in total. The van der Waals surface area contributed by atoms with Crippen molar-refractivity contribution in [2.24, 2.45) is 0 Å². The maximum Gasteiger partial charge on any atom is 2.00 e. The molecule has 0 heterocycles. The van der Waals surface area contributed by atoms with Crippen molar-refractivity contribution in [3.8, 4) is 0 Å². The molecule has 0 aliphatic rings. The van der Waals surface area contributed by atoms with E-state index in [9.17, 15) is 4.79 Å². The van der Waals surface area contributed by atoms with E-state index >= 15 is 0 Å². The summed E-state index contributed by atoms with van der Waals surface area (Å²) in [5.74, 6) is -0.653. The van der Waals surface area contributed by atoms with Crippen LogP contribution in [-0.2, 0) is 15.2 Å². The molecule has 0 fully saturated rings. The Labute approximate surface area is 190 Å². The van der Waals surface area contributed by atoms with Crippen molar-refractivity contribution in [2.75, 3.05) is 0 Å². The molecular formula is C18H36CaO6S. The molecule has 0 saturated heterocycles. The summed E-state index contributed by atoms with van der Waals surface area (Å²) in [5.41, 5.74) is 0. The number of carboxylic acid groups (broad SMARTS) is 1. The van der Waals surface area contributed by atoms with E-state index in [-0.39, 0.29) is 37.7 Å². The molecule has 0 aliphatic carbocycles. The van der Waals surface area contributed by atoms with Crippen molar-refractivity contribution >= 4 is 54.1 Å². The SMILES string of the molecule is CCCCCCCCCCCCCCCCCC(=O)O.O=S(=O)([O-])[O-].[Ca+2]. The summed E-state index contributed by atoms with van der Waals surface area (Å²) in [6.07, 6.45) is 20.2. The molecule has 8 heteroatoms.